The van der Waals surface area contributed by atoms with E-state index in [1.165, 1.54) is 23.1 Å². The van der Waals surface area contributed by atoms with Crippen LogP contribution in [-0.4, -0.2) is 33.0 Å². The molecule has 0 radical (unpaired) electrons. The normalized spacial score (nSPS) is 10.9. The summed E-state index contributed by atoms with van der Waals surface area (Å²) in [5, 5.41) is 9.27. The molecule has 0 aliphatic rings. The second-order valence-electron chi connectivity index (χ2n) is 3.22. The largest absolute Gasteiger partial charge is 0.374 e. The van der Waals surface area contributed by atoms with Gasteiger partial charge in [-0.3, -0.25) is 0 Å². The molecule has 102 valence electrons. The summed E-state index contributed by atoms with van der Waals surface area (Å²) in [6.45, 7) is 2.90. The number of thioether (sulfide) groups is 1. The lowest BCUT2D eigenvalue weighted by atomic mass is 10.6. The summed E-state index contributed by atoms with van der Waals surface area (Å²) < 4.78 is 7.04. The summed E-state index contributed by atoms with van der Waals surface area (Å²) in [7, 11) is 0. The lowest BCUT2D eigenvalue weighted by molar-refractivity contribution is 0.128. The standard InChI is InChI=1S/C10H11ClN4OS3/c1-3-16-5-7-12-6(11)4-8(13-7)18-10-15-14-9(17-2)19-10/h4H,3,5H2,1-2H3. The van der Waals surface area contributed by atoms with Crippen LogP contribution in [0.5, 0.6) is 0 Å². The zero-order chi connectivity index (χ0) is 13.7. The summed E-state index contributed by atoms with van der Waals surface area (Å²) in [5.74, 6) is 0.575. The quantitative estimate of drug-likeness (QED) is 0.592. The minimum absolute atomic E-state index is 0.358. The van der Waals surface area contributed by atoms with Crippen LogP contribution in [0.2, 0.25) is 5.15 Å². The summed E-state index contributed by atoms with van der Waals surface area (Å²) in [4.78, 5) is 8.49. The SMILES string of the molecule is CCOCc1nc(Cl)cc(Sc2nnc(SC)s2)n1. The van der Waals surface area contributed by atoms with E-state index < -0.39 is 0 Å². The van der Waals surface area contributed by atoms with Gasteiger partial charge in [0.15, 0.2) is 14.5 Å². The molecule has 0 amide bonds. The van der Waals surface area contributed by atoms with Crippen LogP contribution >= 0.6 is 46.5 Å². The number of ether oxygens (including phenoxy) is 1. The predicted molar refractivity (Wildman–Crippen MR) is 78.2 cm³/mol. The van der Waals surface area contributed by atoms with Crippen molar-refractivity contribution in [3.05, 3.63) is 17.0 Å². The van der Waals surface area contributed by atoms with Crippen molar-refractivity contribution in [3.63, 3.8) is 0 Å². The lowest BCUT2D eigenvalue weighted by Gasteiger charge is -2.03. The third-order valence-corrected chi connectivity index (χ3v) is 4.97. The first-order valence-electron chi connectivity index (χ1n) is 5.37. The van der Waals surface area contributed by atoms with Crippen molar-refractivity contribution in [1.82, 2.24) is 20.2 Å². The van der Waals surface area contributed by atoms with Crippen molar-refractivity contribution in [2.45, 2.75) is 27.2 Å². The van der Waals surface area contributed by atoms with Gasteiger partial charge in [0.2, 0.25) is 0 Å². The summed E-state index contributed by atoms with van der Waals surface area (Å²) >= 11 is 10.5. The molecule has 0 unspecified atom stereocenters. The topological polar surface area (TPSA) is 60.8 Å². The highest BCUT2D eigenvalue weighted by molar-refractivity contribution is 8.02. The Bertz CT molecular complexity index is 551. The van der Waals surface area contributed by atoms with Crippen molar-refractivity contribution < 1.29 is 4.74 Å². The van der Waals surface area contributed by atoms with Crippen LogP contribution in [0.25, 0.3) is 0 Å². The summed E-state index contributed by atoms with van der Waals surface area (Å²) in [6.07, 6.45) is 1.97. The highest BCUT2D eigenvalue weighted by Gasteiger charge is 2.09. The molecule has 19 heavy (non-hydrogen) atoms. The third-order valence-electron chi connectivity index (χ3n) is 1.91. The molecule has 0 aliphatic heterocycles. The average molecular weight is 335 g/mol. The van der Waals surface area contributed by atoms with Gasteiger partial charge in [-0.2, -0.15) is 0 Å². The maximum atomic E-state index is 5.97. The molecule has 0 spiro atoms. The van der Waals surface area contributed by atoms with Crippen LogP contribution in [0, 0.1) is 0 Å². The van der Waals surface area contributed by atoms with Crippen molar-refractivity contribution in [3.8, 4) is 0 Å². The van der Waals surface area contributed by atoms with Gasteiger partial charge in [-0.15, -0.1) is 10.2 Å². The second-order valence-corrected chi connectivity index (χ2v) is 6.91. The van der Waals surface area contributed by atoms with Crippen molar-refractivity contribution >= 4 is 46.5 Å². The van der Waals surface area contributed by atoms with Crippen molar-refractivity contribution in [2.75, 3.05) is 12.9 Å². The Morgan fingerprint density at radius 3 is 2.79 bits per heavy atom. The zero-order valence-electron chi connectivity index (χ0n) is 10.3. The van der Waals surface area contributed by atoms with Crippen molar-refractivity contribution in [1.29, 1.82) is 0 Å². The summed E-state index contributed by atoms with van der Waals surface area (Å²) in [6, 6.07) is 1.71. The van der Waals surface area contributed by atoms with Crippen LogP contribution in [0.4, 0.5) is 0 Å². The van der Waals surface area contributed by atoms with Gasteiger partial charge in [0.05, 0.1) is 0 Å². The van der Waals surface area contributed by atoms with Gasteiger partial charge in [0.1, 0.15) is 16.8 Å². The molecule has 2 rings (SSSR count). The van der Waals surface area contributed by atoms with E-state index in [4.69, 9.17) is 16.3 Å². The fourth-order valence-electron chi connectivity index (χ4n) is 1.16. The first-order valence-corrected chi connectivity index (χ1v) is 8.61. The molecule has 0 aliphatic carbocycles. The number of hydrogen-bond donors (Lipinski definition) is 0. The van der Waals surface area contributed by atoms with Crippen molar-refractivity contribution in [2.24, 2.45) is 0 Å². The minimum Gasteiger partial charge on any atom is -0.374 e. The highest BCUT2D eigenvalue weighted by atomic mass is 35.5. The van der Waals surface area contributed by atoms with Crippen LogP contribution < -0.4 is 0 Å². The highest BCUT2D eigenvalue weighted by Crippen LogP contribution is 2.32. The van der Waals surface area contributed by atoms with Crippen LogP contribution in [0.3, 0.4) is 0 Å². The Morgan fingerprint density at radius 1 is 1.32 bits per heavy atom. The van der Waals surface area contributed by atoms with Crippen LogP contribution in [0.1, 0.15) is 12.7 Å². The Kier molecular flexibility index (Phi) is 5.83. The molecular formula is C10H11ClN4OS3. The van der Waals surface area contributed by atoms with E-state index in [9.17, 15) is 0 Å². The second kappa shape index (κ2) is 7.39. The van der Waals surface area contributed by atoms with E-state index in [2.05, 4.69) is 20.2 Å². The van der Waals surface area contributed by atoms with Gasteiger partial charge in [-0.25, -0.2) is 9.97 Å². The van der Waals surface area contributed by atoms with E-state index >= 15 is 0 Å². The minimum atomic E-state index is 0.358. The molecule has 9 heteroatoms. The molecule has 0 atom stereocenters. The molecule has 0 aromatic carbocycles. The zero-order valence-corrected chi connectivity index (χ0v) is 13.5. The van der Waals surface area contributed by atoms with E-state index in [-0.39, 0.29) is 0 Å². The molecule has 0 saturated heterocycles. The third kappa shape index (κ3) is 4.57. The summed E-state index contributed by atoms with van der Waals surface area (Å²) in [5.41, 5.74) is 0. The first kappa shape index (κ1) is 15.0. The number of aromatic nitrogens is 4. The van der Waals surface area contributed by atoms with E-state index in [1.54, 1.807) is 17.8 Å². The molecule has 2 aromatic rings. The average Bonchev–Trinajstić information content (AvgIpc) is 2.83. The Morgan fingerprint density at radius 2 is 2.11 bits per heavy atom. The van der Waals surface area contributed by atoms with E-state index in [0.29, 0.717) is 24.2 Å². The molecule has 0 fully saturated rings. The van der Waals surface area contributed by atoms with Gasteiger partial charge in [0.25, 0.3) is 0 Å². The van der Waals surface area contributed by atoms with E-state index in [1.807, 2.05) is 13.2 Å². The fraction of sp³-hybridized carbons (Fsp3) is 0.400. The van der Waals surface area contributed by atoms with Gasteiger partial charge < -0.3 is 4.74 Å². The molecule has 2 heterocycles. The lowest BCUT2D eigenvalue weighted by Crippen LogP contribution is -2.00. The molecule has 0 saturated carbocycles. The van der Waals surface area contributed by atoms with Gasteiger partial charge in [0, 0.05) is 12.7 Å². The smallest absolute Gasteiger partial charge is 0.181 e. The molecular weight excluding hydrogens is 324 g/mol. The Labute approximate surface area is 128 Å². The van der Waals surface area contributed by atoms with Gasteiger partial charge in [-0.05, 0) is 24.9 Å². The fourth-order valence-corrected chi connectivity index (χ4v) is 3.83. The Balaban J connectivity index is 2.12. The predicted octanol–water partition coefficient (Wildman–Crippen LogP) is 3.39. The number of nitrogens with zero attached hydrogens (tertiary/aromatic N) is 4. The van der Waals surface area contributed by atoms with Gasteiger partial charge in [-0.1, -0.05) is 34.7 Å². The number of rotatable bonds is 6. The number of hydrogen-bond acceptors (Lipinski definition) is 8. The van der Waals surface area contributed by atoms with Crippen LogP contribution in [0.15, 0.2) is 19.8 Å². The monoisotopic (exact) mass is 334 g/mol. The molecule has 2 aromatic heterocycles. The maximum Gasteiger partial charge on any atom is 0.181 e. The number of halogens is 1. The first-order chi connectivity index (χ1) is 9.21. The molecule has 0 bridgehead atoms. The molecule has 0 N–H and O–H groups in total. The van der Waals surface area contributed by atoms with E-state index in [0.717, 1.165) is 13.7 Å². The molecule has 5 nitrogen and oxygen atoms in total. The maximum absolute atomic E-state index is 5.97. The van der Waals surface area contributed by atoms with Crippen LogP contribution in [-0.2, 0) is 11.3 Å². The van der Waals surface area contributed by atoms with Gasteiger partial charge >= 0.3 is 0 Å². The Hall–Kier alpha value is -0.410.